The first-order valence-electron chi connectivity index (χ1n) is 6.89. The van der Waals surface area contributed by atoms with E-state index in [1.165, 1.54) is 7.11 Å². The van der Waals surface area contributed by atoms with Gasteiger partial charge in [-0.25, -0.2) is 0 Å². The van der Waals surface area contributed by atoms with Gasteiger partial charge >= 0.3 is 5.97 Å². The van der Waals surface area contributed by atoms with E-state index in [1.54, 1.807) is 0 Å². The lowest BCUT2D eigenvalue weighted by Crippen LogP contribution is -2.48. The highest BCUT2D eigenvalue weighted by Crippen LogP contribution is 2.27. The molecule has 1 unspecified atom stereocenters. The van der Waals surface area contributed by atoms with Crippen molar-refractivity contribution in [3.8, 4) is 0 Å². The first-order chi connectivity index (χ1) is 9.61. The van der Waals surface area contributed by atoms with Gasteiger partial charge in [0.15, 0.2) is 0 Å². The molecule has 0 bridgehead atoms. The zero-order valence-electron chi connectivity index (χ0n) is 12.0. The Hall–Kier alpha value is -1.10. The third-order valence-corrected chi connectivity index (χ3v) is 4.23. The number of ether oxygens (including phenoxy) is 1. The van der Waals surface area contributed by atoms with Gasteiger partial charge in [-0.15, -0.1) is 0 Å². The number of nitrogens with zero attached hydrogens (tertiary/aromatic N) is 2. The van der Waals surface area contributed by atoms with Crippen molar-refractivity contribution in [2.45, 2.75) is 13.0 Å². The zero-order valence-corrected chi connectivity index (χ0v) is 12.8. The topological polar surface area (TPSA) is 32.8 Å². The number of piperazine rings is 1. The Balaban J connectivity index is 1.90. The number of carbonyl (C=O) groups excluding carboxylic acids is 1. The molecule has 1 aliphatic rings. The molecule has 20 heavy (non-hydrogen) atoms. The molecule has 110 valence electrons. The molecule has 1 saturated heterocycles. The molecule has 1 aromatic rings. The van der Waals surface area contributed by atoms with Crippen molar-refractivity contribution in [2.24, 2.45) is 0 Å². The van der Waals surface area contributed by atoms with E-state index < -0.39 is 0 Å². The summed E-state index contributed by atoms with van der Waals surface area (Å²) in [5.74, 6) is -0.169. The Bertz CT molecular complexity index is 459. The van der Waals surface area contributed by atoms with Crippen LogP contribution in [0, 0.1) is 0 Å². The molecule has 0 spiro atoms. The van der Waals surface area contributed by atoms with Crippen LogP contribution in [-0.4, -0.2) is 55.6 Å². The average Bonchev–Trinajstić information content (AvgIpc) is 2.47. The fourth-order valence-electron chi connectivity index (χ4n) is 2.57. The maximum Gasteiger partial charge on any atom is 0.319 e. The second-order valence-corrected chi connectivity index (χ2v) is 5.49. The summed E-state index contributed by atoms with van der Waals surface area (Å²) in [7, 11) is 1.43. The lowest BCUT2D eigenvalue weighted by Gasteiger charge is -2.37. The number of esters is 1. The third-order valence-electron chi connectivity index (χ3n) is 3.89. The van der Waals surface area contributed by atoms with Gasteiger partial charge in [0.25, 0.3) is 0 Å². The van der Waals surface area contributed by atoms with E-state index in [9.17, 15) is 4.79 Å². The SMILES string of the molecule is COC(=O)CN1CCN(C(C)c2ccccc2Cl)CC1. The fourth-order valence-corrected chi connectivity index (χ4v) is 2.86. The summed E-state index contributed by atoms with van der Waals surface area (Å²) in [6.45, 7) is 6.18. The molecule has 0 N–H and O–H groups in total. The number of benzene rings is 1. The largest absolute Gasteiger partial charge is 0.468 e. The molecule has 1 aromatic carbocycles. The Kier molecular flexibility index (Phi) is 5.40. The molecule has 2 rings (SSSR count). The molecule has 1 atom stereocenters. The zero-order chi connectivity index (χ0) is 14.5. The van der Waals surface area contributed by atoms with E-state index in [4.69, 9.17) is 16.3 Å². The predicted molar refractivity (Wildman–Crippen MR) is 79.9 cm³/mol. The highest BCUT2D eigenvalue weighted by Gasteiger charge is 2.24. The Labute approximate surface area is 125 Å². The lowest BCUT2D eigenvalue weighted by atomic mass is 10.1. The van der Waals surface area contributed by atoms with E-state index in [2.05, 4.69) is 22.8 Å². The Morgan fingerprint density at radius 3 is 2.55 bits per heavy atom. The van der Waals surface area contributed by atoms with Gasteiger partial charge in [-0.3, -0.25) is 14.6 Å². The van der Waals surface area contributed by atoms with Crippen molar-refractivity contribution >= 4 is 17.6 Å². The van der Waals surface area contributed by atoms with E-state index in [0.29, 0.717) is 12.6 Å². The molecule has 0 radical (unpaired) electrons. The van der Waals surface area contributed by atoms with Crippen molar-refractivity contribution in [3.63, 3.8) is 0 Å². The van der Waals surface area contributed by atoms with Crippen LogP contribution < -0.4 is 0 Å². The summed E-state index contributed by atoms with van der Waals surface area (Å²) in [5, 5.41) is 0.817. The minimum atomic E-state index is -0.169. The average molecular weight is 297 g/mol. The Morgan fingerprint density at radius 1 is 1.30 bits per heavy atom. The second-order valence-electron chi connectivity index (χ2n) is 5.09. The van der Waals surface area contributed by atoms with E-state index in [0.717, 1.165) is 36.8 Å². The third kappa shape index (κ3) is 3.72. The molecule has 1 fully saturated rings. The summed E-state index contributed by atoms with van der Waals surface area (Å²) in [4.78, 5) is 15.8. The number of carbonyl (C=O) groups is 1. The van der Waals surface area contributed by atoms with Crippen LogP contribution >= 0.6 is 11.6 Å². The number of halogens is 1. The van der Waals surface area contributed by atoms with Gasteiger partial charge in [0.1, 0.15) is 0 Å². The molecule has 1 aliphatic heterocycles. The fraction of sp³-hybridized carbons (Fsp3) is 0.533. The number of methoxy groups -OCH3 is 1. The molecule has 5 heteroatoms. The molecule has 1 heterocycles. The summed E-state index contributed by atoms with van der Waals surface area (Å²) < 4.78 is 4.70. The van der Waals surface area contributed by atoms with Crippen molar-refractivity contribution in [2.75, 3.05) is 39.8 Å². The van der Waals surface area contributed by atoms with Gasteiger partial charge < -0.3 is 4.74 Å². The van der Waals surface area contributed by atoms with Gasteiger partial charge in [0.2, 0.25) is 0 Å². The molecular formula is C15H21ClN2O2. The van der Waals surface area contributed by atoms with Crippen LogP contribution in [0.2, 0.25) is 5.02 Å². The quantitative estimate of drug-likeness (QED) is 0.798. The van der Waals surface area contributed by atoms with Crippen LogP contribution in [0.4, 0.5) is 0 Å². The first-order valence-corrected chi connectivity index (χ1v) is 7.27. The maximum atomic E-state index is 11.3. The first kappa shape index (κ1) is 15.3. The van der Waals surface area contributed by atoms with Crippen molar-refractivity contribution < 1.29 is 9.53 Å². The van der Waals surface area contributed by atoms with Gasteiger partial charge in [0.05, 0.1) is 13.7 Å². The number of hydrogen-bond donors (Lipinski definition) is 0. The minimum absolute atomic E-state index is 0.169. The van der Waals surface area contributed by atoms with Crippen molar-refractivity contribution in [1.82, 2.24) is 9.80 Å². The highest BCUT2D eigenvalue weighted by molar-refractivity contribution is 6.31. The van der Waals surface area contributed by atoms with Gasteiger partial charge in [-0.2, -0.15) is 0 Å². The molecular weight excluding hydrogens is 276 g/mol. The second kappa shape index (κ2) is 7.07. The molecule has 0 saturated carbocycles. The standard InChI is InChI=1S/C15H21ClN2O2/c1-12(13-5-3-4-6-14(13)16)18-9-7-17(8-10-18)11-15(19)20-2/h3-6,12H,7-11H2,1-2H3. The van der Waals surface area contributed by atoms with Crippen molar-refractivity contribution in [3.05, 3.63) is 34.9 Å². The summed E-state index contributed by atoms with van der Waals surface area (Å²) >= 11 is 6.26. The lowest BCUT2D eigenvalue weighted by molar-refractivity contribution is -0.142. The van der Waals surface area contributed by atoms with Crippen LogP contribution in [0.1, 0.15) is 18.5 Å². The predicted octanol–water partition coefficient (Wildman–Crippen LogP) is 2.19. The maximum absolute atomic E-state index is 11.3. The van der Waals surface area contributed by atoms with Crippen LogP contribution in [0.25, 0.3) is 0 Å². The normalized spacial score (nSPS) is 18.8. The molecule has 0 aromatic heterocycles. The molecule has 0 aliphatic carbocycles. The highest BCUT2D eigenvalue weighted by atomic mass is 35.5. The van der Waals surface area contributed by atoms with Crippen LogP contribution in [-0.2, 0) is 9.53 Å². The smallest absolute Gasteiger partial charge is 0.319 e. The summed E-state index contributed by atoms with van der Waals surface area (Å²) in [6.07, 6.45) is 0. The summed E-state index contributed by atoms with van der Waals surface area (Å²) in [5.41, 5.74) is 1.16. The number of hydrogen-bond acceptors (Lipinski definition) is 4. The Morgan fingerprint density at radius 2 is 1.95 bits per heavy atom. The monoisotopic (exact) mass is 296 g/mol. The van der Waals surface area contributed by atoms with Crippen LogP contribution in [0.3, 0.4) is 0 Å². The van der Waals surface area contributed by atoms with E-state index in [1.807, 2.05) is 18.2 Å². The van der Waals surface area contributed by atoms with Gasteiger partial charge in [-0.1, -0.05) is 29.8 Å². The van der Waals surface area contributed by atoms with Crippen LogP contribution in [0.15, 0.2) is 24.3 Å². The van der Waals surface area contributed by atoms with Gasteiger partial charge in [0, 0.05) is 37.2 Å². The van der Waals surface area contributed by atoms with E-state index >= 15 is 0 Å². The summed E-state index contributed by atoms with van der Waals surface area (Å²) in [6, 6.07) is 8.27. The van der Waals surface area contributed by atoms with Crippen molar-refractivity contribution in [1.29, 1.82) is 0 Å². The molecule has 4 nitrogen and oxygen atoms in total. The number of rotatable bonds is 4. The van der Waals surface area contributed by atoms with Gasteiger partial charge in [-0.05, 0) is 18.6 Å². The minimum Gasteiger partial charge on any atom is -0.468 e. The van der Waals surface area contributed by atoms with Crippen LogP contribution in [0.5, 0.6) is 0 Å². The van der Waals surface area contributed by atoms with E-state index in [-0.39, 0.29) is 5.97 Å². The molecule has 0 amide bonds.